The van der Waals surface area contributed by atoms with E-state index >= 15 is 0 Å². The molecule has 0 atom stereocenters. The number of allylic oxidation sites excluding steroid dienone is 1. The van der Waals surface area contributed by atoms with E-state index in [-0.39, 0.29) is 5.84 Å². The molecule has 0 aliphatic carbocycles. The molecule has 0 spiro atoms. The SMILES string of the molecule is C/C=C(\C(N)=N\C(=O)OC(C)(C)C)c1ccc2scc(-c3ccncc3)c2n1.CCC(C)C. The van der Waals surface area contributed by atoms with Gasteiger partial charge in [-0.2, -0.15) is 4.99 Å². The van der Waals surface area contributed by atoms with Crippen LogP contribution in [0, 0.1) is 5.92 Å². The zero-order valence-corrected chi connectivity index (χ0v) is 21.4. The highest BCUT2D eigenvalue weighted by Gasteiger charge is 2.18. The number of nitrogens with two attached hydrogens (primary N) is 1. The van der Waals surface area contributed by atoms with Gasteiger partial charge in [-0.15, -0.1) is 11.3 Å². The van der Waals surface area contributed by atoms with Gasteiger partial charge in [0.25, 0.3) is 0 Å². The Morgan fingerprint density at radius 3 is 2.39 bits per heavy atom. The van der Waals surface area contributed by atoms with E-state index in [0.29, 0.717) is 11.3 Å². The number of pyridine rings is 2. The third-order valence-corrected chi connectivity index (χ3v) is 5.61. The molecule has 3 aromatic heterocycles. The number of amidine groups is 1. The second kappa shape index (κ2) is 11.7. The molecule has 0 bridgehead atoms. The van der Waals surface area contributed by atoms with Gasteiger partial charge in [0.1, 0.15) is 11.4 Å². The first-order valence-electron chi connectivity index (χ1n) is 11.1. The van der Waals surface area contributed by atoms with Crippen LogP contribution >= 0.6 is 11.3 Å². The lowest BCUT2D eigenvalue weighted by Crippen LogP contribution is -2.24. The zero-order valence-electron chi connectivity index (χ0n) is 20.5. The number of hydrogen-bond acceptors (Lipinski definition) is 5. The largest absolute Gasteiger partial charge is 0.442 e. The summed E-state index contributed by atoms with van der Waals surface area (Å²) in [6.45, 7) is 13.8. The van der Waals surface area contributed by atoms with Crippen LogP contribution in [0.5, 0.6) is 0 Å². The second-order valence-electron chi connectivity index (χ2n) is 8.91. The van der Waals surface area contributed by atoms with E-state index < -0.39 is 11.7 Å². The molecule has 1 amide bonds. The summed E-state index contributed by atoms with van der Waals surface area (Å²) in [7, 11) is 0. The Hall–Kier alpha value is -3.06. The van der Waals surface area contributed by atoms with Crippen molar-refractivity contribution in [2.75, 3.05) is 0 Å². The van der Waals surface area contributed by atoms with Gasteiger partial charge < -0.3 is 10.5 Å². The van der Waals surface area contributed by atoms with Crippen LogP contribution in [0.3, 0.4) is 0 Å². The van der Waals surface area contributed by atoms with Crippen LogP contribution in [0.25, 0.3) is 26.9 Å². The van der Waals surface area contributed by atoms with Crippen molar-refractivity contribution in [1.82, 2.24) is 9.97 Å². The molecule has 6 nitrogen and oxygen atoms in total. The van der Waals surface area contributed by atoms with E-state index in [2.05, 4.69) is 36.1 Å². The number of carbonyl (C=O) groups is 1. The fourth-order valence-corrected chi connectivity index (χ4v) is 3.58. The maximum Gasteiger partial charge on any atom is 0.436 e. The van der Waals surface area contributed by atoms with E-state index in [9.17, 15) is 4.79 Å². The number of hydrogen-bond donors (Lipinski definition) is 1. The van der Waals surface area contributed by atoms with Crippen LogP contribution in [0.15, 0.2) is 53.1 Å². The van der Waals surface area contributed by atoms with Gasteiger partial charge in [-0.3, -0.25) is 4.98 Å². The summed E-state index contributed by atoms with van der Waals surface area (Å²) in [6, 6.07) is 7.77. The van der Waals surface area contributed by atoms with Crippen molar-refractivity contribution in [1.29, 1.82) is 0 Å². The first kappa shape index (κ1) is 26.2. The van der Waals surface area contributed by atoms with E-state index in [1.165, 1.54) is 6.42 Å². The molecule has 0 radical (unpaired) electrons. The second-order valence-corrected chi connectivity index (χ2v) is 9.82. The predicted molar refractivity (Wildman–Crippen MR) is 139 cm³/mol. The number of aromatic nitrogens is 2. The smallest absolute Gasteiger partial charge is 0.436 e. The van der Waals surface area contributed by atoms with Gasteiger partial charge >= 0.3 is 6.09 Å². The molecule has 33 heavy (non-hydrogen) atoms. The summed E-state index contributed by atoms with van der Waals surface area (Å²) in [5.74, 6) is 0.958. The third-order valence-electron chi connectivity index (χ3n) is 4.67. The van der Waals surface area contributed by atoms with Crippen molar-refractivity contribution >= 4 is 39.1 Å². The summed E-state index contributed by atoms with van der Waals surface area (Å²) in [5, 5.41) is 2.07. The van der Waals surface area contributed by atoms with Gasteiger partial charge in [-0.05, 0) is 63.4 Å². The molecule has 176 valence electrons. The van der Waals surface area contributed by atoms with Crippen molar-refractivity contribution in [3.63, 3.8) is 0 Å². The maximum absolute atomic E-state index is 12.0. The highest BCUT2D eigenvalue weighted by molar-refractivity contribution is 7.17. The Morgan fingerprint density at radius 1 is 1.21 bits per heavy atom. The Morgan fingerprint density at radius 2 is 1.85 bits per heavy atom. The number of fused-ring (bicyclic) bond motifs is 1. The van der Waals surface area contributed by atoms with E-state index in [1.54, 1.807) is 50.6 Å². The molecule has 2 N–H and O–H groups in total. The monoisotopic (exact) mass is 466 g/mol. The first-order chi connectivity index (χ1) is 15.6. The number of aliphatic imine (C=N–C) groups is 1. The van der Waals surface area contributed by atoms with Crippen molar-refractivity contribution < 1.29 is 9.53 Å². The summed E-state index contributed by atoms with van der Waals surface area (Å²) in [4.78, 5) is 24.7. The van der Waals surface area contributed by atoms with Crippen molar-refractivity contribution in [3.05, 3.63) is 53.8 Å². The van der Waals surface area contributed by atoms with E-state index in [0.717, 1.165) is 27.3 Å². The topological polar surface area (TPSA) is 90.5 Å². The van der Waals surface area contributed by atoms with Gasteiger partial charge in [0.05, 0.1) is 15.9 Å². The molecular weight excluding hydrogens is 432 g/mol. The zero-order chi connectivity index (χ0) is 24.6. The number of carbonyl (C=O) groups excluding carboxylic acids is 1. The fraction of sp³-hybridized carbons (Fsp3) is 0.385. The molecule has 3 heterocycles. The van der Waals surface area contributed by atoms with E-state index in [1.807, 2.05) is 31.2 Å². The minimum atomic E-state index is -0.724. The molecule has 0 unspecified atom stereocenters. The summed E-state index contributed by atoms with van der Waals surface area (Å²) in [6.07, 6.45) is 5.88. The number of amides is 1. The molecule has 0 aliphatic rings. The van der Waals surface area contributed by atoms with Crippen LogP contribution in [-0.2, 0) is 4.74 Å². The number of rotatable bonds is 4. The maximum atomic E-state index is 12.0. The average Bonchev–Trinajstić information content (AvgIpc) is 3.17. The summed E-state index contributed by atoms with van der Waals surface area (Å²) < 4.78 is 6.28. The fourth-order valence-electron chi connectivity index (χ4n) is 2.67. The molecule has 7 heteroatoms. The lowest BCUT2D eigenvalue weighted by Gasteiger charge is -2.17. The van der Waals surface area contributed by atoms with Gasteiger partial charge in [0.2, 0.25) is 0 Å². The quantitative estimate of drug-likeness (QED) is 0.327. The molecule has 0 aliphatic heterocycles. The van der Waals surface area contributed by atoms with Gasteiger partial charge in [0.15, 0.2) is 0 Å². The molecule has 0 saturated carbocycles. The van der Waals surface area contributed by atoms with Crippen molar-refractivity contribution in [2.45, 2.75) is 60.5 Å². The van der Waals surface area contributed by atoms with Crippen LogP contribution in [0.4, 0.5) is 4.79 Å². The lowest BCUT2D eigenvalue weighted by molar-refractivity contribution is 0.0604. The Kier molecular flexibility index (Phi) is 9.29. The number of nitrogens with zero attached hydrogens (tertiary/aromatic N) is 3. The third kappa shape index (κ3) is 7.79. The van der Waals surface area contributed by atoms with Crippen molar-refractivity contribution in [2.24, 2.45) is 16.6 Å². The highest BCUT2D eigenvalue weighted by Crippen LogP contribution is 2.33. The molecule has 0 saturated heterocycles. The minimum absolute atomic E-state index is 0.0734. The van der Waals surface area contributed by atoms with Gasteiger partial charge in [0, 0.05) is 28.9 Å². The van der Waals surface area contributed by atoms with Crippen LogP contribution in [0.1, 0.15) is 60.6 Å². The summed E-state index contributed by atoms with van der Waals surface area (Å²) >= 11 is 1.62. The average molecular weight is 467 g/mol. The number of ether oxygens (including phenoxy) is 1. The Bertz CT molecular complexity index is 1130. The van der Waals surface area contributed by atoms with E-state index in [4.69, 9.17) is 15.5 Å². The van der Waals surface area contributed by atoms with Gasteiger partial charge in [-0.1, -0.05) is 33.3 Å². The molecule has 3 rings (SSSR count). The van der Waals surface area contributed by atoms with Crippen LogP contribution < -0.4 is 5.73 Å². The Balaban J connectivity index is 0.000000696. The number of thiophene rings is 1. The minimum Gasteiger partial charge on any atom is -0.442 e. The molecule has 0 aromatic carbocycles. The lowest BCUT2D eigenvalue weighted by atomic mass is 10.1. The van der Waals surface area contributed by atoms with Gasteiger partial charge in [-0.25, -0.2) is 9.78 Å². The summed E-state index contributed by atoms with van der Waals surface area (Å²) in [5.41, 5.74) is 9.63. The van der Waals surface area contributed by atoms with Crippen LogP contribution in [-0.4, -0.2) is 27.5 Å². The molecule has 0 fully saturated rings. The standard InChI is InChI=1S/C21H22N4O2S.C5H12/c1-5-14(19(22)25-20(26)27-21(2,3)4)16-6-7-17-18(24-16)15(12-28-17)13-8-10-23-11-9-13;1-4-5(2)3/h5-12H,1-4H3,(H2,22,25,26);5H,4H2,1-3H3/b14-5-;. The molecular formula is C26H34N4O2S. The van der Waals surface area contributed by atoms with Crippen LogP contribution in [0.2, 0.25) is 0 Å². The normalized spacial score (nSPS) is 12.5. The van der Waals surface area contributed by atoms with Crippen molar-refractivity contribution in [3.8, 4) is 11.1 Å². The Labute approximate surface area is 200 Å². The first-order valence-corrected chi connectivity index (χ1v) is 12.0. The predicted octanol–water partition coefficient (Wildman–Crippen LogP) is 7.11. The molecule has 3 aromatic rings. The highest BCUT2D eigenvalue weighted by atomic mass is 32.1.